The second-order valence-electron chi connectivity index (χ2n) is 3.94. The SMILES string of the molecule is O=C(NC[C@@H](O)CO)c1cccc2c1OCC2. The fourth-order valence-electron chi connectivity index (χ4n) is 1.76. The Morgan fingerprint density at radius 1 is 1.53 bits per heavy atom. The molecule has 92 valence electrons. The van der Waals surface area contributed by atoms with Crippen LogP contribution in [-0.4, -0.2) is 42.0 Å². The molecule has 1 amide bonds. The van der Waals surface area contributed by atoms with Crippen LogP contribution in [0, 0.1) is 0 Å². The molecule has 0 radical (unpaired) electrons. The molecule has 0 unspecified atom stereocenters. The van der Waals surface area contributed by atoms with Crippen LogP contribution < -0.4 is 10.1 Å². The van der Waals surface area contributed by atoms with Crippen molar-refractivity contribution in [1.82, 2.24) is 5.32 Å². The molecule has 0 aliphatic carbocycles. The molecule has 1 heterocycles. The summed E-state index contributed by atoms with van der Waals surface area (Å²) in [5.74, 6) is 0.333. The van der Waals surface area contributed by atoms with Crippen LogP contribution in [0.5, 0.6) is 5.75 Å². The van der Waals surface area contributed by atoms with Gasteiger partial charge in [0.2, 0.25) is 0 Å². The molecule has 1 aliphatic heterocycles. The number of para-hydroxylation sites is 1. The Morgan fingerprint density at radius 3 is 3.12 bits per heavy atom. The van der Waals surface area contributed by atoms with E-state index in [1.165, 1.54) is 0 Å². The molecule has 1 atom stereocenters. The molecule has 0 spiro atoms. The van der Waals surface area contributed by atoms with Crippen molar-refractivity contribution in [3.8, 4) is 5.75 Å². The maximum absolute atomic E-state index is 11.8. The molecule has 0 saturated carbocycles. The van der Waals surface area contributed by atoms with Crippen LogP contribution in [0.2, 0.25) is 0 Å². The zero-order valence-electron chi connectivity index (χ0n) is 9.35. The van der Waals surface area contributed by atoms with Gasteiger partial charge >= 0.3 is 0 Å². The fourth-order valence-corrected chi connectivity index (χ4v) is 1.76. The van der Waals surface area contributed by atoms with Crippen LogP contribution in [0.3, 0.4) is 0 Å². The summed E-state index contributed by atoms with van der Waals surface area (Å²) < 4.78 is 5.41. The van der Waals surface area contributed by atoms with Gasteiger partial charge in [-0.05, 0) is 11.6 Å². The highest BCUT2D eigenvalue weighted by atomic mass is 16.5. The van der Waals surface area contributed by atoms with E-state index in [0.29, 0.717) is 17.9 Å². The monoisotopic (exact) mass is 237 g/mol. The summed E-state index contributed by atoms with van der Waals surface area (Å²) >= 11 is 0. The van der Waals surface area contributed by atoms with Gasteiger partial charge in [0.05, 0.1) is 24.9 Å². The summed E-state index contributed by atoms with van der Waals surface area (Å²) in [4.78, 5) is 11.8. The molecule has 2 rings (SSSR count). The van der Waals surface area contributed by atoms with Crippen molar-refractivity contribution in [1.29, 1.82) is 0 Å². The normalized spacial score (nSPS) is 14.9. The first-order chi connectivity index (χ1) is 8.22. The number of hydrogen-bond donors (Lipinski definition) is 3. The van der Waals surface area contributed by atoms with Gasteiger partial charge in [0, 0.05) is 13.0 Å². The standard InChI is InChI=1S/C12H15NO4/c14-7-9(15)6-13-12(16)10-3-1-2-8-4-5-17-11(8)10/h1-3,9,14-15H,4-7H2,(H,13,16)/t9-/m1/s1. The number of amides is 1. The zero-order valence-corrected chi connectivity index (χ0v) is 9.35. The number of rotatable bonds is 4. The van der Waals surface area contributed by atoms with Gasteiger partial charge < -0.3 is 20.3 Å². The predicted octanol–water partition coefficient (Wildman–Crippen LogP) is -0.296. The first kappa shape index (κ1) is 11.9. The van der Waals surface area contributed by atoms with Gasteiger partial charge in [-0.25, -0.2) is 0 Å². The van der Waals surface area contributed by atoms with Crippen molar-refractivity contribution in [2.75, 3.05) is 19.8 Å². The molecule has 1 aromatic rings. The molecular weight excluding hydrogens is 222 g/mol. The van der Waals surface area contributed by atoms with Crippen molar-refractivity contribution < 1.29 is 19.7 Å². The number of benzene rings is 1. The minimum Gasteiger partial charge on any atom is -0.492 e. The number of fused-ring (bicyclic) bond motifs is 1. The molecular formula is C12H15NO4. The summed E-state index contributed by atoms with van der Waals surface area (Å²) in [5.41, 5.74) is 1.51. The number of carbonyl (C=O) groups excluding carboxylic acids is 1. The lowest BCUT2D eigenvalue weighted by atomic mass is 10.1. The van der Waals surface area contributed by atoms with Crippen LogP contribution in [0.15, 0.2) is 18.2 Å². The van der Waals surface area contributed by atoms with Gasteiger partial charge in [-0.3, -0.25) is 4.79 Å². The largest absolute Gasteiger partial charge is 0.492 e. The molecule has 5 nitrogen and oxygen atoms in total. The Balaban J connectivity index is 2.07. The molecule has 1 aromatic carbocycles. The molecule has 0 bridgehead atoms. The molecule has 5 heteroatoms. The average Bonchev–Trinajstić information content (AvgIpc) is 2.83. The molecule has 3 N–H and O–H groups in total. The van der Waals surface area contributed by atoms with Crippen LogP contribution >= 0.6 is 0 Å². The van der Waals surface area contributed by atoms with E-state index in [0.717, 1.165) is 12.0 Å². The highest BCUT2D eigenvalue weighted by Crippen LogP contribution is 2.29. The first-order valence-electron chi connectivity index (χ1n) is 5.54. The number of carbonyl (C=O) groups is 1. The predicted molar refractivity (Wildman–Crippen MR) is 61.1 cm³/mol. The molecule has 0 aromatic heterocycles. The quantitative estimate of drug-likeness (QED) is 0.672. The van der Waals surface area contributed by atoms with E-state index in [1.807, 2.05) is 12.1 Å². The van der Waals surface area contributed by atoms with E-state index in [9.17, 15) is 4.79 Å². The van der Waals surface area contributed by atoms with Crippen molar-refractivity contribution >= 4 is 5.91 Å². The van der Waals surface area contributed by atoms with E-state index in [2.05, 4.69) is 5.32 Å². The van der Waals surface area contributed by atoms with Gasteiger partial charge in [-0.15, -0.1) is 0 Å². The minimum atomic E-state index is -0.934. The number of ether oxygens (including phenoxy) is 1. The third-order valence-electron chi connectivity index (χ3n) is 2.67. The number of hydrogen-bond acceptors (Lipinski definition) is 4. The Bertz CT molecular complexity index is 419. The molecule has 1 aliphatic rings. The third kappa shape index (κ3) is 2.57. The van der Waals surface area contributed by atoms with Gasteiger partial charge in [0.15, 0.2) is 0 Å². The number of nitrogens with one attached hydrogen (secondary N) is 1. The van der Waals surface area contributed by atoms with Gasteiger partial charge in [0.25, 0.3) is 5.91 Å². The average molecular weight is 237 g/mol. The van der Waals surface area contributed by atoms with Crippen molar-refractivity contribution in [2.45, 2.75) is 12.5 Å². The van der Waals surface area contributed by atoms with Gasteiger partial charge in [0.1, 0.15) is 5.75 Å². The zero-order chi connectivity index (χ0) is 12.3. The summed E-state index contributed by atoms with van der Waals surface area (Å²) in [6.07, 6.45) is -0.118. The highest BCUT2D eigenvalue weighted by molar-refractivity contribution is 5.97. The van der Waals surface area contributed by atoms with Crippen molar-refractivity contribution in [3.63, 3.8) is 0 Å². The Kier molecular flexibility index (Phi) is 3.61. The Hall–Kier alpha value is -1.59. The Labute approximate surface area is 99.0 Å². The summed E-state index contributed by atoms with van der Waals surface area (Å²) in [5, 5.41) is 20.3. The second-order valence-corrected chi connectivity index (χ2v) is 3.94. The van der Waals surface area contributed by atoms with Gasteiger partial charge in [-0.2, -0.15) is 0 Å². The van der Waals surface area contributed by atoms with E-state index in [-0.39, 0.29) is 19.1 Å². The molecule has 0 saturated heterocycles. The topological polar surface area (TPSA) is 78.8 Å². The van der Waals surface area contributed by atoms with Crippen molar-refractivity contribution in [3.05, 3.63) is 29.3 Å². The van der Waals surface area contributed by atoms with E-state index < -0.39 is 6.10 Å². The molecule has 17 heavy (non-hydrogen) atoms. The van der Waals surface area contributed by atoms with Crippen LogP contribution in [0.4, 0.5) is 0 Å². The maximum atomic E-state index is 11.8. The van der Waals surface area contributed by atoms with E-state index in [4.69, 9.17) is 14.9 Å². The van der Waals surface area contributed by atoms with Crippen molar-refractivity contribution in [2.24, 2.45) is 0 Å². The van der Waals surface area contributed by atoms with Crippen LogP contribution in [0.25, 0.3) is 0 Å². The summed E-state index contributed by atoms with van der Waals surface area (Å²) in [6, 6.07) is 5.43. The fraction of sp³-hybridized carbons (Fsp3) is 0.417. The lowest BCUT2D eigenvalue weighted by molar-refractivity contribution is 0.0800. The van der Waals surface area contributed by atoms with Crippen LogP contribution in [-0.2, 0) is 6.42 Å². The second kappa shape index (κ2) is 5.16. The molecule has 0 fully saturated rings. The minimum absolute atomic E-state index is 0.0268. The van der Waals surface area contributed by atoms with E-state index >= 15 is 0 Å². The van der Waals surface area contributed by atoms with E-state index in [1.54, 1.807) is 6.07 Å². The third-order valence-corrected chi connectivity index (χ3v) is 2.67. The lowest BCUT2D eigenvalue weighted by Gasteiger charge is -2.11. The van der Waals surface area contributed by atoms with Crippen LogP contribution in [0.1, 0.15) is 15.9 Å². The maximum Gasteiger partial charge on any atom is 0.255 e. The van der Waals surface area contributed by atoms with Gasteiger partial charge in [-0.1, -0.05) is 12.1 Å². The number of aliphatic hydroxyl groups is 2. The Morgan fingerprint density at radius 2 is 2.35 bits per heavy atom. The highest BCUT2D eigenvalue weighted by Gasteiger charge is 2.20. The smallest absolute Gasteiger partial charge is 0.255 e. The first-order valence-corrected chi connectivity index (χ1v) is 5.54. The summed E-state index contributed by atoms with van der Waals surface area (Å²) in [6.45, 7) is 0.252. The lowest BCUT2D eigenvalue weighted by Crippen LogP contribution is -2.34. The number of aliphatic hydroxyl groups excluding tert-OH is 2. The summed E-state index contributed by atoms with van der Waals surface area (Å²) in [7, 11) is 0.